The van der Waals surface area contributed by atoms with E-state index < -0.39 is 6.29 Å². The van der Waals surface area contributed by atoms with Crippen molar-refractivity contribution in [3.05, 3.63) is 47.9 Å². The van der Waals surface area contributed by atoms with Crippen molar-refractivity contribution in [1.29, 1.82) is 0 Å². The van der Waals surface area contributed by atoms with Gasteiger partial charge in [0.15, 0.2) is 5.76 Å². The fourth-order valence-corrected chi connectivity index (χ4v) is 5.73. The first-order valence-corrected chi connectivity index (χ1v) is 14.7. The number of nitrogens with zero attached hydrogens (tertiary/aromatic N) is 2. The standard InChI is InChI=1S/C31H44N2O7/c1-3-39-31-25(13-17-37-19-20-38-18-16-34)26(27-22-33(23(2)35)28-12-8-7-11-24(27)28)21-29(40-31)30(36)32-14-9-5-4-6-10-15-32/h7-8,11-12,21-22,25-26,31,34H,3-6,9-10,13-20H2,1-2H3/t25-,26-,31+/m1/s1. The normalized spacial score (nSPS) is 21.9. The van der Waals surface area contributed by atoms with Crippen molar-refractivity contribution in [2.45, 2.75) is 64.6 Å². The molecule has 9 nitrogen and oxygen atoms in total. The molecule has 40 heavy (non-hydrogen) atoms. The van der Waals surface area contributed by atoms with E-state index in [0.29, 0.717) is 38.6 Å². The maximum atomic E-state index is 13.8. The number of aliphatic hydroxyl groups is 1. The number of ether oxygens (including phenoxy) is 4. The van der Waals surface area contributed by atoms with Crippen LogP contribution in [0, 0.1) is 5.92 Å². The molecule has 0 spiro atoms. The number of allylic oxidation sites excluding steroid dienone is 1. The molecule has 220 valence electrons. The van der Waals surface area contributed by atoms with Gasteiger partial charge in [-0.3, -0.25) is 14.2 Å². The van der Waals surface area contributed by atoms with Gasteiger partial charge in [0.05, 0.1) is 31.9 Å². The second-order valence-electron chi connectivity index (χ2n) is 10.4. The Bertz CT molecular complexity index is 1140. The summed E-state index contributed by atoms with van der Waals surface area (Å²) < 4.78 is 25.3. The fourth-order valence-electron chi connectivity index (χ4n) is 5.73. The van der Waals surface area contributed by atoms with Gasteiger partial charge in [-0.15, -0.1) is 0 Å². The highest BCUT2D eigenvalue weighted by molar-refractivity contribution is 5.95. The number of amides is 1. The Morgan fingerprint density at radius 1 is 1.00 bits per heavy atom. The first-order chi connectivity index (χ1) is 19.5. The van der Waals surface area contributed by atoms with Crippen LogP contribution in [0.2, 0.25) is 0 Å². The molecule has 9 heteroatoms. The summed E-state index contributed by atoms with van der Waals surface area (Å²) in [6, 6.07) is 7.86. The lowest BCUT2D eigenvalue weighted by Gasteiger charge is -2.38. The molecule has 1 saturated heterocycles. The van der Waals surface area contributed by atoms with Gasteiger partial charge in [-0.25, -0.2) is 0 Å². The van der Waals surface area contributed by atoms with Gasteiger partial charge in [0.1, 0.15) is 0 Å². The average molecular weight is 557 g/mol. The topological polar surface area (TPSA) is 99.5 Å². The summed E-state index contributed by atoms with van der Waals surface area (Å²) in [5.74, 6) is -0.215. The zero-order valence-corrected chi connectivity index (χ0v) is 23.9. The number of hydrogen-bond donors (Lipinski definition) is 1. The molecule has 0 unspecified atom stereocenters. The summed E-state index contributed by atoms with van der Waals surface area (Å²) in [5, 5.41) is 9.86. The van der Waals surface area contributed by atoms with Crippen LogP contribution >= 0.6 is 0 Å². The van der Waals surface area contributed by atoms with E-state index in [9.17, 15) is 9.59 Å². The summed E-state index contributed by atoms with van der Waals surface area (Å²) in [6.07, 6.45) is 9.29. The predicted molar refractivity (Wildman–Crippen MR) is 152 cm³/mol. The molecule has 1 aromatic heterocycles. The van der Waals surface area contributed by atoms with Gasteiger partial charge in [-0.1, -0.05) is 37.5 Å². The van der Waals surface area contributed by atoms with E-state index in [1.54, 1.807) is 11.5 Å². The van der Waals surface area contributed by atoms with Gasteiger partial charge in [0.2, 0.25) is 12.2 Å². The van der Waals surface area contributed by atoms with Crippen molar-refractivity contribution in [2.75, 3.05) is 52.7 Å². The molecule has 1 N–H and O–H groups in total. The lowest BCUT2D eigenvalue weighted by Crippen LogP contribution is -2.41. The zero-order valence-electron chi connectivity index (χ0n) is 23.9. The Labute approximate surface area is 237 Å². The number of hydrogen-bond acceptors (Lipinski definition) is 7. The van der Waals surface area contributed by atoms with Crippen molar-refractivity contribution in [1.82, 2.24) is 9.47 Å². The van der Waals surface area contributed by atoms with E-state index >= 15 is 0 Å². The molecule has 1 fully saturated rings. The number of aliphatic hydroxyl groups excluding tert-OH is 1. The van der Waals surface area contributed by atoms with Gasteiger partial charge in [-0.05, 0) is 43.9 Å². The second-order valence-corrected chi connectivity index (χ2v) is 10.4. The number of carbonyl (C=O) groups is 2. The number of rotatable bonds is 12. The van der Waals surface area contributed by atoms with Crippen molar-refractivity contribution in [3.63, 3.8) is 0 Å². The van der Waals surface area contributed by atoms with Crippen LogP contribution in [0.3, 0.4) is 0 Å². The Balaban J connectivity index is 1.67. The largest absolute Gasteiger partial charge is 0.459 e. The molecule has 0 bridgehead atoms. The van der Waals surface area contributed by atoms with Crippen molar-refractivity contribution in [3.8, 4) is 0 Å². The minimum atomic E-state index is -0.637. The molecule has 0 saturated carbocycles. The van der Waals surface area contributed by atoms with Gasteiger partial charge < -0.3 is 29.0 Å². The van der Waals surface area contributed by atoms with E-state index in [2.05, 4.69) is 0 Å². The summed E-state index contributed by atoms with van der Waals surface area (Å²) in [5.41, 5.74) is 1.80. The molecule has 1 amide bonds. The van der Waals surface area contributed by atoms with Gasteiger partial charge >= 0.3 is 0 Å². The van der Waals surface area contributed by atoms with Crippen molar-refractivity contribution >= 4 is 22.7 Å². The highest BCUT2D eigenvalue weighted by Crippen LogP contribution is 2.42. The third-order valence-corrected chi connectivity index (χ3v) is 7.71. The van der Waals surface area contributed by atoms with Crippen LogP contribution in [-0.2, 0) is 23.7 Å². The van der Waals surface area contributed by atoms with E-state index in [4.69, 9.17) is 24.1 Å². The second kappa shape index (κ2) is 15.3. The number of para-hydroxylation sites is 1. The van der Waals surface area contributed by atoms with E-state index in [1.165, 1.54) is 6.42 Å². The van der Waals surface area contributed by atoms with Crippen LogP contribution < -0.4 is 0 Å². The number of carbonyl (C=O) groups excluding carboxylic acids is 2. The molecule has 4 rings (SSSR count). The molecule has 2 aromatic rings. The minimum absolute atomic E-state index is 0.0180. The number of fused-ring (bicyclic) bond motifs is 1. The number of aromatic nitrogens is 1. The zero-order chi connectivity index (χ0) is 28.3. The first kappa shape index (κ1) is 30.2. The highest BCUT2D eigenvalue weighted by Gasteiger charge is 2.40. The average Bonchev–Trinajstić information content (AvgIpc) is 3.33. The monoisotopic (exact) mass is 556 g/mol. The first-order valence-electron chi connectivity index (χ1n) is 14.7. The quantitative estimate of drug-likeness (QED) is 0.385. The SMILES string of the molecule is CCO[C@H]1OC(C(=O)N2CCCCCCC2)=C[C@@H](c2cn(C(C)=O)c3ccccc23)[C@H]1CCOCCOCCO. The molecule has 1 aromatic carbocycles. The molecule has 3 atom stereocenters. The Hall–Kier alpha value is -2.72. The lowest BCUT2D eigenvalue weighted by molar-refractivity contribution is -0.172. The van der Waals surface area contributed by atoms with Crippen LogP contribution in [0.1, 0.15) is 68.6 Å². The Morgan fingerprint density at radius 3 is 2.40 bits per heavy atom. The third-order valence-electron chi connectivity index (χ3n) is 7.71. The molecule has 0 radical (unpaired) electrons. The molecular weight excluding hydrogens is 512 g/mol. The van der Waals surface area contributed by atoms with Crippen LogP contribution in [0.4, 0.5) is 0 Å². The van der Waals surface area contributed by atoms with Gasteiger partial charge in [0.25, 0.3) is 5.91 Å². The van der Waals surface area contributed by atoms with Crippen LogP contribution in [0.5, 0.6) is 0 Å². The lowest BCUT2D eigenvalue weighted by atomic mass is 9.81. The summed E-state index contributed by atoms with van der Waals surface area (Å²) >= 11 is 0. The summed E-state index contributed by atoms with van der Waals surface area (Å²) in [4.78, 5) is 28.2. The van der Waals surface area contributed by atoms with Crippen LogP contribution in [0.15, 0.2) is 42.3 Å². The van der Waals surface area contributed by atoms with Crippen LogP contribution in [-0.4, -0.2) is 85.4 Å². The molecular formula is C31H44N2O7. The Morgan fingerprint density at radius 2 is 1.70 bits per heavy atom. The number of benzene rings is 1. The van der Waals surface area contributed by atoms with Crippen molar-refractivity contribution < 1.29 is 33.6 Å². The van der Waals surface area contributed by atoms with E-state index in [-0.39, 0.29) is 36.9 Å². The van der Waals surface area contributed by atoms with E-state index in [0.717, 1.165) is 55.2 Å². The van der Waals surface area contributed by atoms with Crippen molar-refractivity contribution in [2.24, 2.45) is 5.92 Å². The predicted octanol–water partition coefficient (Wildman–Crippen LogP) is 4.49. The molecule has 3 heterocycles. The smallest absolute Gasteiger partial charge is 0.288 e. The van der Waals surface area contributed by atoms with Gasteiger partial charge in [0, 0.05) is 56.6 Å². The Kier molecular flexibility index (Phi) is 11.6. The molecule has 2 aliphatic rings. The summed E-state index contributed by atoms with van der Waals surface area (Å²) in [7, 11) is 0. The van der Waals surface area contributed by atoms with Crippen LogP contribution in [0.25, 0.3) is 10.9 Å². The minimum Gasteiger partial charge on any atom is -0.459 e. The summed E-state index contributed by atoms with van der Waals surface area (Å²) in [6.45, 7) is 6.89. The van der Waals surface area contributed by atoms with E-state index in [1.807, 2.05) is 48.4 Å². The maximum Gasteiger partial charge on any atom is 0.288 e. The molecule has 2 aliphatic heterocycles. The number of likely N-dealkylation sites (tertiary alicyclic amines) is 1. The fraction of sp³-hybridized carbons (Fsp3) is 0.613. The maximum absolute atomic E-state index is 13.8. The van der Waals surface area contributed by atoms with Gasteiger partial charge in [-0.2, -0.15) is 0 Å². The third kappa shape index (κ3) is 7.51. The molecule has 0 aliphatic carbocycles. The highest BCUT2D eigenvalue weighted by atomic mass is 16.7.